The summed E-state index contributed by atoms with van der Waals surface area (Å²) in [6.07, 6.45) is 0. The van der Waals surface area contributed by atoms with E-state index in [-0.39, 0.29) is 11.3 Å². The molecule has 168 valence electrons. The summed E-state index contributed by atoms with van der Waals surface area (Å²) in [5, 5.41) is 11.6. The molecule has 0 saturated carbocycles. The molecule has 1 amide bonds. The predicted molar refractivity (Wildman–Crippen MR) is 130 cm³/mol. The number of nitrogens with zero attached hydrogens (tertiary/aromatic N) is 2. The van der Waals surface area contributed by atoms with E-state index in [1.54, 1.807) is 55.6 Å². The molecular weight excluding hydrogens is 440 g/mol. The Morgan fingerprint density at radius 1 is 0.939 bits per heavy atom. The molecule has 0 radical (unpaired) electrons. The molecule has 0 aromatic heterocycles. The quantitative estimate of drug-likeness (QED) is 0.327. The van der Waals surface area contributed by atoms with Gasteiger partial charge in [0, 0.05) is 36.1 Å². The number of ketones is 1. The number of aliphatic hydroxyl groups is 1. The van der Waals surface area contributed by atoms with Gasteiger partial charge >= 0.3 is 0 Å². The summed E-state index contributed by atoms with van der Waals surface area (Å²) in [5.74, 6) is -1.08. The standard InChI is InChI=1S/C26H23ClN2O4/c1-28(2)19-10-6-16(7-11-19)23-22(24(30)17-4-8-18(27)9-5-17)25(31)26(32)29(23)20-12-14-21(33-3)15-13-20/h4-15,23,30H,1-3H3/b24-22+. The third-order valence-electron chi connectivity index (χ3n) is 5.64. The number of benzene rings is 3. The van der Waals surface area contributed by atoms with Crippen LogP contribution < -0.4 is 14.5 Å². The second kappa shape index (κ2) is 9.00. The molecule has 0 aliphatic carbocycles. The van der Waals surface area contributed by atoms with Crippen molar-refractivity contribution in [1.82, 2.24) is 0 Å². The maximum Gasteiger partial charge on any atom is 0.300 e. The lowest BCUT2D eigenvalue weighted by Gasteiger charge is -2.26. The molecule has 1 aliphatic heterocycles. The number of hydrogen-bond donors (Lipinski definition) is 1. The molecule has 0 bridgehead atoms. The number of rotatable bonds is 5. The number of methoxy groups -OCH3 is 1. The largest absolute Gasteiger partial charge is 0.507 e. The van der Waals surface area contributed by atoms with Crippen molar-refractivity contribution in [1.29, 1.82) is 0 Å². The Hall–Kier alpha value is -3.77. The Morgan fingerprint density at radius 2 is 1.55 bits per heavy atom. The summed E-state index contributed by atoms with van der Waals surface area (Å²) < 4.78 is 5.22. The second-order valence-electron chi connectivity index (χ2n) is 7.86. The highest BCUT2D eigenvalue weighted by molar-refractivity contribution is 6.51. The molecule has 4 rings (SSSR count). The molecule has 1 unspecified atom stereocenters. The summed E-state index contributed by atoms with van der Waals surface area (Å²) in [6.45, 7) is 0. The van der Waals surface area contributed by atoms with Gasteiger partial charge in [-0.05, 0) is 66.2 Å². The van der Waals surface area contributed by atoms with E-state index in [1.807, 2.05) is 43.3 Å². The molecule has 1 saturated heterocycles. The molecule has 1 aliphatic rings. The van der Waals surface area contributed by atoms with Gasteiger partial charge in [-0.25, -0.2) is 0 Å². The molecule has 1 heterocycles. The average Bonchev–Trinajstić information content (AvgIpc) is 3.09. The van der Waals surface area contributed by atoms with Crippen LogP contribution in [0.2, 0.25) is 5.02 Å². The van der Waals surface area contributed by atoms with E-state index in [0.717, 1.165) is 5.69 Å². The number of aliphatic hydroxyl groups excluding tert-OH is 1. The van der Waals surface area contributed by atoms with E-state index in [0.29, 0.717) is 27.6 Å². The Kier molecular flexibility index (Phi) is 6.11. The molecule has 3 aromatic carbocycles. The Labute approximate surface area is 197 Å². The van der Waals surface area contributed by atoms with Crippen molar-refractivity contribution in [3.8, 4) is 5.75 Å². The molecule has 33 heavy (non-hydrogen) atoms. The summed E-state index contributed by atoms with van der Waals surface area (Å²) in [6, 6.07) is 20.1. The lowest BCUT2D eigenvalue weighted by atomic mass is 9.95. The monoisotopic (exact) mass is 462 g/mol. The maximum atomic E-state index is 13.2. The van der Waals surface area contributed by atoms with Crippen molar-refractivity contribution in [2.75, 3.05) is 31.0 Å². The number of hydrogen-bond acceptors (Lipinski definition) is 5. The van der Waals surface area contributed by atoms with Crippen LogP contribution in [0.3, 0.4) is 0 Å². The van der Waals surface area contributed by atoms with Gasteiger partial charge in [0.1, 0.15) is 11.5 Å². The number of amides is 1. The maximum absolute atomic E-state index is 13.2. The van der Waals surface area contributed by atoms with Gasteiger partial charge in [-0.15, -0.1) is 0 Å². The zero-order valence-corrected chi connectivity index (χ0v) is 19.2. The number of halogens is 1. The first-order chi connectivity index (χ1) is 15.8. The van der Waals surface area contributed by atoms with E-state index in [9.17, 15) is 14.7 Å². The minimum absolute atomic E-state index is 0.0238. The molecule has 0 spiro atoms. The highest BCUT2D eigenvalue weighted by Crippen LogP contribution is 2.42. The van der Waals surface area contributed by atoms with Crippen LogP contribution in [0, 0.1) is 0 Å². The van der Waals surface area contributed by atoms with Crippen LogP contribution in [0.5, 0.6) is 5.75 Å². The SMILES string of the molecule is COc1ccc(N2C(=O)C(=O)/C(=C(/O)c3ccc(Cl)cc3)C2c2ccc(N(C)C)cc2)cc1. The Bertz CT molecular complexity index is 1220. The highest BCUT2D eigenvalue weighted by Gasteiger charge is 2.47. The van der Waals surface area contributed by atoms with Crippen molar-refractivity contribution in [3.05, 3.63) is 94.5 Å². The molecule has 1 N–H and O–H groups in total. The van der Waals surface area contributed by atoms with Crippen molar-refractivity contribution >= 4 is 40.4 Å². The first-order valence-corrected chi connectivity index (χ1v) is 10.7. The molecule has 6 nitrogen and oxygen atoms in total. The van der Waals surface area contributed by atoms with Gasteiger partial charge in [-0.1, -0.05) is 23.7 Å². The third-order valence-corrected chi connectivity index (χ3v) is 5.89. The normalized spacial score (nSPS) is 17.3. The summed E-state index contributed by atoms with van der Waals surface area (Å²) in [5.41, 5.74) is 2.62. The van der Waals surface area contributed by atoms with E-state index < -0.39 is 17.7 Å². The summed E-state index contributed by atoms with van der Waals surface area (Å²) >= 11 is 5.98. The van der Waals surface area contributed by atoms with Gasteiger partial charge in [-0.3, -0.25) is 14.5 Å². The topological polar surface area (TPSA) is 70.1 Å². The van der Waals surface area contributed by atoms with Crippen LogP contribution in [0.25, 0.3) is 5.76 Å². The van der Waals surface area contributed by atoms with Crippen LogP contribution in [-0.4, -0.2) is 38.0 Å². The van der Waals surface area contributed by atoms with Gasteiger partial charge in [0.25, 0.3) is 11.7 Å². The van der Waals surface area contributed by atoms with Crippen molar-refractivity contribution < 1.29 is 19.4 Å². The fraction of sp³-hybridized carbons (Fsp3) is 0.154. The highest BCUT2D eigenvalue weighted by atomic mass is 35.5. The first-order valence-electron chi connectivity index (χ1n) is 10.3. The molecule has 1 atom stereocenters. The number of ether oxygens (including phenoxy) is 1. The minimum atomic E-state index is -0.801. The molecular formula is C26H23ClN2O4. The first kappa shape index (κ1) is 22.4. The number of carbonyl (C=O) groups is 2. The third kappa shape index (κ3) is 4.17. The Morgan fingerprint density at radius 3 is 2.09 bits per heavy atom. The number of carbonyl (C=O) groups excluding carboxylic acids is 2. The zero-order chi connectivity index (χ0) is 23.7. The number of anilines is 2. The van der Waals surface area contributed by atoms with E-state index in [2.05, 4.69) is 0 Å². The van der Waals surface area contributed by atoms with Gasteiger partial charge in [-0.2, -0.15) is 0 Å². The molecule has 7 heteroatoms. The van der Waals surface area contributed by atoms with Crippen molar-refractivity contribution in [3.63, 3.8) is 0 Å². The Balaban J connectivity index is 1.90. The fourth-order valence-electron chi connectivity index (χ4n) is 3.88. The minimum Gasteiger partial charge on any atom is -0.507 e. The van der Waals surface area contributed by atoms with Gasteiger partial charge in [0.05, 0.1) is 18.7 Å². The van der Waals surface area contributed by atoms with E-state index in [1.165, 1.54) is 4.90 Å². The lowest BCUT2D eigenvalue weighted by Crippen LogP contribution is -2.29. The summed E-state index contributed by atoms with van der Waals surface area (Å²) in [4.78, 5) is 29.7. The van der Waals surface area contributed by atoms with Crippen LogP contribution in [0.1, 0.15) is 17.2 Å². The average molecular weight is 463 g/mol. The smallest absolute Gasteiger partial charge is 0.300 e. The van der Waals surface area contributed by atoms with Gasteiger partial charge in [0.2, 0.25) is 0 Å². The van der Waals surface area contributed by atoms with Gasteiger partial charge in [0.15, 0.2) is 0 Å². The zero-order valence-electron chi connectivity index (χ0n) is 18.4. The van der Waals surface area contributed by atoms with Crippen molar-refractivity contribution in [2.45, 2.75) is 6.04 Å². The van der Waals surface area contributed by atoms with Gasteiger partial charge < -0.3 is 14.7 Å². The number of Topliss-reactive ketones (excluding diaryl/α,β-unsaturated/α-hetero) is 1. The van der Waals surface area contributed by atoms with Crippen LogP contribution in [0.15, 0.2) is 78.4 Å². The van der Waals surface area contributed by atoms with E-state index in [4.69, 9.17) is 16.3 Å². The van der Waals surface area contributed by atoms with E-state index >= 15 is 0 Å². The fourth-order valence-corrected chi connectivity index (χ4v) is 4.00. The molecule has 1 fully saturated rings. The van der Waals surface area contributed by atoms with Crippen LogP contribution in [0.4, 0.5) is 11.4 Å². The predicted octanol–water partition coefficient (Wildman–Crippen LogP) is 5.04. The van der Waals surface area contributed by atoms with Crippen LogP contribution >= 0.6 is 11.6 Å². The summed E-state index contributed by atoms with van der Waals surface area (Å²) in [7, 11) is 5.41. The van der Waals surface area contributed by atoms with Crippen molar-refractivity contribution in [2.24, 2.45) is 0 Å². The van der Waals surface area contributed by atoms with Crippen LogP contribution in [-0.2, 0) is 9.59 Å². The molecule has 3 aromatic rings. The lowest BCUT2D eigenvalue weighted by molar-refractivity contribution is -0.132. The second-order valence-corrected chi connectivity index (χ2v) is 8.30.